The average molecular weight is 203 g/mol. The molecule has 0 saturated carbocycles. The van der Waals surface area contributed by atoms with Crippen LogP contribution in [0.25, 0.3) is 10.9 Å². The number of aliphatic hydroxyl groups is 1. The molecule has 1 N–H and O–H groups in total. The predicted molar refractivity (Wildman–Crippen MR) is 64.0 cm³/mol. The molecule has 0 fully saturated rings. The fourth-order valence-electron chi connectivity index (χ4n) is 1.33. The number of rotatable bonds is 0. The standard InChI is InChI=1S/C11H11N.C2H6O/c1-8-3-5-10-6-4-9(2)12-11(10)7-8;1-2-3/h3-7H,1-2H3;3H,2H2,1H3. The summed E-state index contributed by atoms with van der Waals surface area (Å²) in [5, 5.41) is 8.78. The van der Waals surface area contributed by atoms with Crippen LogP contribution in [-0.4, -0.2) is 16.7 Å². The monoisotopic (exact) mass is 203 g/mol. The zero-order valence-corrected chi connectivity index (χ0v) is 9.49. The minimum atomic E-state index is 0.250. The van der Waals surface area contributed by atoms with Crippen molar-refractivity contribution in [2.45, 2.75) is 20.8 Å². The number of aliphatic hydroxyl groups excluding tert-OH is 1. The molecule has 0 radical (unpaired) electrons. The molecule has 0 amide bonds. The summed E-state index contributed by atoms with van der Waals surface area (Å²) in [6, 6.07) is 10.5. The summed E-state index contributed by atoms with van der Waals surface area (Å²) < 4.78 is 0. The van der Waals surface area contributed by atoms with E-state index >= 15 is 0 Å². The van der Waals surface area contributed by atoms with Gasteiger partial charge < -0.3 is 5.11 Å². The number of hydrogen-bond acceptors (Lipinski definition) is 2. The Morgan fingerprint density at radius 3 is 2.40 bits per heavy atom. The van der Waals surface area contributed by atoms with Crippen LogP contribution >= 0.6 is 0 Å². The smallest absolute Gasteiger partial charge is 0.0707 e. The molecule has 0 aliphatic heterocycles. The van der Waals surface area contributed by atoms with Crippen molar-refractivity contribution in [2.75, 3.05) is 6.61 Å². The molecule has 15 heavy (non-hydrogen) atoms. The summed E-state index contributed by atoms with van der Waals surface area (Å²) >= 11 is 0. The van der Waals surface area contributed by atoms with Crippen molar-refractivity contribution in [1.29, 1.82) is 0 Å². The lowest BCUT2D eigenvalue weighted by molar-refractivity contribution is 0.318. The Kier molecular flexibility index (Phi) is 4.25. The van der Waals surface area contributed by atoms with E-state index in [2.05, 4.69) is 36.2 Å². The molecular weight excluding hydrogens is 186 g/mol. The summed E-state index contributed by atoms with van der Waals surface area (Å²) in [4.78, 5) is 4.44. The Bertz CT molecular complexity index is 401. The molecule has 2 rings (SSSR count). The summed E-state index contributed by atoms with van der Waals surface area (Å²) in [5.41, 5.74) is 3.43. The number of pyridine rings is 1. The highest BCUT2D eigenvalue weighted by atomic mass is 16.2. The topological polar surface area (TPSA) is 33.1 Å². The number of fused-ring (bicyclic) bond motifs is 1. The summed E-state index contributed by atoms with van der Waals surface area (Å²) in [5.74, 6) is 0. The minimum absolute atomic E-state index is 0.250. The van der Waals surface area contributed by atoms with Gasteiger partial charge in [0, 0.05) is 17.7 Å². The van der Waals surface area contributed by atoms with Gasteiger partial charge in [0.05, 0.1) is 5.52 Å². The van der Waals surface area contributed by atoms with E-state index in [1.807, 2.05) is 13.0 Å². The van der Waals surface area contributed by atoms with E-state index in [1.54, 1.807) is 6.92 Å². The van der Waals surface area contributed by atoms with Gasteiger partial charge in [0.2, 0.25) is 0 Å². The molecule has 0 saturated heterocycles. The third-order valence-corrected chi connectivity index (χ3v) is 1.99. The highest BCUT2D eigenvalue weighted by molar-refractivity contribution is 5.79. The van der Waals surface area contributed by atoms with Crippen molar-refractivity contribution in [1.82, 2.24) is 4.98 Å². The second-order valence-corrected chi connectivity index (χ2v) is 3.47. The molecule has 0 atom stereocenters. The molecule has 0 spiro atoms. The first kappa shape index (κ1) is 11.7. The van der Waals surface area contributed by atoms with Crippen LogP contribution in [0.1, 0.15) is 18.2 Å². The molecule has 1 aromatic heterocycles. The number of benzene rings is 1. The first-order chi connectivity index (χ1) is 7.17. The summed E-state index contributed by atoms with van der Waals surface area (Å²) in [6.07, 6.45) is 0. The Morgan fingerprint density at radius 2 is 1.73 bits per heavy atom. The number of aryl methyl sites for hydroxylation is 2. The van der Waals surface area contributed by atoms with Crippen molar-refractivity contribution in [3.63, 3.8) is 0 Å². The quantitative estimate of drug-likeness (QED) is 0.714. The van der Waals surface area contributed by atoms with Crippen LogP contribution in [0.5, 0.6) is 0 Å². The Labute approximate surface area is 90.6 Å². The number of hydrogen-bond donors (Lipinski definition) is 1. The Balaban J connectivity index is 0.000000337. The first-order valence-corrected chi connectivity index (χ1v) is 5.12. The van der Waals surface area contributed by atoms with Crippen LogP contribution in [0.3, 0.4) is 0 Å². The van der Waals surface area contributed by atoms with Crippen molar-refractivity contribution >= 4 is 10.9 Å². The fourth-order valence-corrected chi connectivity index (χ4v) is 1.33. The van der Waals surface area contributed by atoms with Gasteiger partial charge in [0.1, 0.15) is 0 Å². The van der Waals surface area contributed by atoms with E-state index in [9.17, 15) is 0 Å². The van der Waals surface area contributed by atoms with Gasteiger partial charge in [-0.05, 0) is 38.5 Å². The summed E-state index contributed by atoms with van der Waals surface area (Å²) in [7, 11) is 0. The zero-order chi connectivity index (χ0) is 11.3. The van der Waals surface area contributed by atoms with Gasteiger partial charge in [-0.15, -0.1) is 0 Å². The van der Waals surface area contributed by atoms with E-state index in [0.29, 0.717) is 0 Å². The maximum absolute atomic E-state index is 7.57. The third-order valence-electron chi connectivity index (χ3n) is 1.99. The van der Waals surface area contributed by atoms with Gasteiger partial charge in [0.15, 0.2) is 0 Å². The maximum Gasteiger partial charge on any atom is 0.0707 e. The average Bonchev–Trinajstić information content (AvgIpc) is 2.18. The van der Waals surface area contributed by atoms with E-state index in [1.165, 1.54) is 10.9 Å². The molecular formula is C13H17NO. The van der Waals surface area contributed by atoms with Crippen LogP contribution in [0.4, 0.5) is 0 Å². The lowest BCUT2D eigenvalue weighted by Gasteiger charge is -1.99. The summed E-state index contributed by atoms with van der Waals surface area (Å²) in [6.45, 7) is 6.03. The first-order valence-electron chi connectivity index (χ1n) is 5.12. The van der Waals surface area contributed by atoms with Gasteiger partial charge in [-0.1, -0.05) is 18.2 Å². The molecule has 2 nitrogen and oxygen atoms in total. The molecule has 0 bridgehead atoms. The number of aromatic nitrogens is 1. The SMILES string of the molecule is CCO.Cc1ccc2ccc(C)nc2c1. The lowest BCUT2D eigenvalue weighted by atomic mass is 10.1. The van der Waals surface area contributed by atoms with Crippen LogP contribution < -0.4 is 0 Å². The molecule has 1 heterocycles. The molecule has 2 aromatic rings. The lowest BCUT2D eigenvalue weighted by Crippen LogP contribution is -1.83. The molecule has 0 aliphatic carbocycles. The second kappa shape index (κ2) is 5.47. The van der Waals surface area contributed by atoms with E-state index in [0.717, 1.165) is 11.2 Å². The molecule has 0 unspecified atom stereocenters. The zero-order valence-electron chi connectivity index (χ0n) is 9.49. The fraction of sp³-hybridized carbons (Fsp3) is 0.308. The normalized spacial score (nSPS) is 9.60. The van der Waals surface area contributed by atoms with Crippen molar-refractivity contribution in [2.24, 2.45) is 0 Å². The molecule has 2 heteroatoms. The molecule has 80 valence electrons. The highest BCUT2D eigenvalue weighted by Gasteiger charge is 1.94. The van der Waals surface area contributed by atoms with Gasteiger partial charge in [0.25, 0.3) is 0 Å². The van der Waals surface area contributed by atoms with Crippen molar-refractivity contribution in [3.8, 4) is 0 Å². The van der Waals surface area contributed by atoms with Gasteiger partial charge in [-0.3, -0.25) is 4.98 Å². The van der Waals surface area contributed by atoms with E-state index < -0.39 is 0 Å². The maximum atomic E-state index is 7.57. The van der Waals surface area contributed by atoms with Crippen LogP contribution in [0.2, 0.25) is 0 Å². The van der Waals surface area contributed by atoms with E-state index in [4.69, 9.17) is 5.11 Å². The predicted octanol–water partition coefficient (Wildman–Crippen LogP) is 2.85. The van der Waals surface area contributed by atoms with Crippen LogP contribution in [0, 0.1) is 13.8 Å². The minimum Gasteiger partial charge on any atom is -0.397 e. The highest BCUT2D eigenvalue weighted by Crippen LogP contribution is 2.13. The largest absolute Gasteiger partial charge is 0.397 e. The van der Waals surface area contributed by atoms with Gasteiger partial charge in [-0.2, -0.15) is 0 Å². The molecule has 0 aliphatic rings. The Morgan fingerprint density at radius 1 is 1.13 bits per heavy atom. The van der Waals surface area contributed by atoms with E-state index in [-0.39, 0.29) is 6.61 Å². The van der Waals surface area contributed by atoms with Gasteiger partial charge >= 0.3 is 0 Å². The van der Waals surface area contributed by atoms with Crippen molar-refractivity contribution < 1.29 is 5.11 Å². The van der Waals surface area contributed by atoms with Gasteiger partial charge in [-0.25, -0.2) is 0 Å². The molecule has 1 aromatic carbocycles. The van der Waals surface area contributed by atoms with Crippen LogP contribution in [-0.2, 0) is 0 Å². The third kappa shape index (κ3) is 3.33. The Hall–Kier alpha value is -1.41. The second-order valence-electron chi connectivity index (χ2n) is 3.47. The number of nitrogens with zero attached hydrogens (tertiary/aromatic N) is 1. The van der Waals surface area contributed by atoms with Crippen LogP contribution in [0.15, 0.2) is 30.3 Å². The van der Waals surface area contributed by atoms with Crippen molar-refractivity contribution in [3.05, 3.63) is 41.6 Å².